The number of carbonyl (C=O) groups excluding carboxylic acids is 2. The summed E-state index contributed by atoms with van der Waals surface area (Å²) in [7, 11) is 0. The van der Waals surface area contributed by atoms with Crippen LogP contribution in [0.5, 0.6) is 0 Å². The molecule has 152 valence electrons. The molecule has 0 spiro atoms. The van der Waals surface area contributed by atoms with Crippen LogP contribution in [0.4, 0.5) is 5.69 Å². The van der Waals surface area contributed by atoms with Crippen molar-refractivity contribution in [2.24, 2.45) is 5.41 Å². The summed E-state index contributed by atoms with van der Waals surface area (Å²) in [6.07, 6.45) is 4.23. The fraction of sp³-hybridized carbons (Fsp3) is 0.417. The number of anilines is 1. The number of hydrogen-bond acceptors (Lipinski definition) is 3. The van der Waals surface area contributed by atoms with E-state index in [0.29, 0.717) is 19.4 Å². The Morgan fingerprint density at radius 3 is 2.76 bits per heavy atom. The first-order valence-corrected chi connectivity index (χ1v) is 10.4. The van der Waals surface area contributed by atoms with Gasteiger partial charge >= 0.3 is 0 Å². The number of likely N-dealkylation sites (tertiary alicyclic amines) is 1. The first-order valence-electron chi connectivity index (χ1n) is 10.4. The van der Waals surface area contributed by atoms with E-state index >= 15 is 0 Å². The minimum absolute atomic E-state index is 0.0456. The quantitative estimate of drug-likeness (QED) is 0.761. The van der Waals surface area contributed by atoms with E-state index in [-0.39, 0.29) is 23.8 Å². The topological polar surface area (TPSA) is 69.6 Å². The van der Waals surface area contributed by atoms with Gasteiger partial charge < -0.3 is 15.3 Å². The molecule has 4 rings (SSSR count). The Balaban J connectivity index is 1.28. The lowest BCUT2D eigenvalue weighted by Crippen LogP contribution is -2.35. The second-order valence-corrected chi connectivity index (χ2v) is 8.46. The maximum atomic E-state index is 12.7. The van der Waals surface area contributed by atoms with Crippen LogP contribution in [-0.4, -0.2) is 41.5 Å². The smallest absolute Gasteiger partial charge is 0.228 e. The molecule has 0 saturated carbocycles. The van der Waals surface area contributed by atoms with Gasteiger partial charge in [0, 0.05) is 30.6 Å². The van der Waals surface area contributed by atoms with Crippen LogP contribution in [0, 0.1) is 5.41 Å². The highest BCUT2D eigenvalue weighted by Crippen LogP contribution is 2.34. The van der Waals surface area contributed by atoms with Crippen molar-refractivity contribution in [2.45, 2.75) is 38.5 Å². The predicted octanol–water partition coefficient (Wildman–Crippen LogP) is 2.96. The number of nitrogens with one attached hydrogen (secondary N) is 1. The summed E-state index contributed by atoms with van der Waals surface area (Å²) in [6, 6.07) is 16.3. The van der Waals surface area contributed by atoms with Crippen molar-refractivity contribution in [3.63, 3.8) is 0 Å². The summed E-state index contributed by atoms with van der Waals surface area (Å²) in [5, 5.41) is 12.9. The molecule has 0 aliphatic carbocycles. The van der Waals surface area contributed by atoms with E-state index in [1.807, 2.05) is 35.2 Å². The van der Waals surface area contributed by atoms with E-state index in [9.17, 15) is 14.7 Å². The van der Waals surface area contributed by atoms with Crippen LogP contribution >= 0.6 is 0 Å². The molecule has 5 heteroatoms. The Kier molecular flexibility index (Phi) is 5.67. The highest BCUT2D eigenvalue weighted by atomic mass is 16.3. The van der Waals surface area contributed by atoms with Gasteiger partial charge in [0.15, 0.2) is 0 Å². The third-order valence-electron chi connectivity index (χ3n) is 6.20. The molecule has 2 aromatic carbocycles. The normalized spacial score (nSPS) is 20.6. The fourth-order valence-corrected chi connectivity index (χ4v) is 4.55. The lowest BCUT2D eigenvalue weighted by molar-refractivity contribution is -0.130. The third-order valence-corrected chi connectivity index (χ3v) is 6.20. The molecule has 2 aliphatic rings. The van der Waals surface area contributed by atoms with Gasteiger partial charge in [0.2, 0.25) is 11.8 Å². The van der Waals surface area contributed by atoms with Crippen molar-refractivity contribution in [3.05, 3.63) is 65.2 Å². The Hall–Kier alpha value is -2.66. The van der Waals surface area contributed by atoms with Crippen LogP contribution in [0.25, 0.3) is 0 Å². The van der Waals surface area contributed by atoms with Crippen molar-refractivity contribution in [3.8, 4) is 0 Å². The molecule has 0 radical (unpaired) electrons. The van der Waals surface area contributed by atoms with E-state index in [4.69, 9.17) is 0 Å². The first-order chi connectivity index (χ1) is 14.1. The number of aliphatic hydroxyl groups is 1. The van der Waals surface area contributed by atoms with Gasteiger partial charge in [-0.25, -0.2) is 0 Å². The predicted molar refractivity (Wildman–Crippen MR) is 113 cm³/mol. The van der Waals surface area contributed by atoms with Crippen LogP contribution in [0.3, 0.4) is 0 Å². The zero-order valence-corrected chi connectivity index (χ0v) is 16.7. The summed E-state index contributed by atoms with van der Waals surface area (Å²) in [5.74, 6) is 0.218. The zero-order valence-electron chi connectivity index (χ0n) is 16.7. The SMILES string of the molecule is O=C1Cc2cc(CCCC(=O)N3CCC(CO)(Cc4ccccc4)C3)ccc2N1. The molecule has 1 saturated heterocycles. The van der Waals surface area contributed by atoms with Crippen molar-refractivity contribution < 1.29 is 14.7 Å². The van der Waals surface area contributed by atoms with E-state index in [0.717, 1.165) is 43.5 Å². The molecule has 2 aliphatic heterocycles. The number of hydrogen-bond donors (Lipinski definition) is 2. The van der Waals surface area contributed by atoms with Crippen LogP contribution in [0.15, 0.2) is 48.5 Å². The number of nitrogens with zero attached hydrogens (tertiary/aromatic N) is 1. The lowest BCUT2D eigenvalue weighted by atomic mass is 9.81. The standard InChI is InChI=1S/C24H28N2O3/c27-17-24(15-19-5-2-1-3-6-19)11-12-26(16-24)23(29)8-4-7-18-9-10-21-20(13-18)14-22(28)25-21/h1-3,5-6,9-10,13,27H,4,7-8,11-12,14-17H2,(H,25,28). The van der Waals surface area contributed by atoms with Crippen molar-refractivity contribution in [1.82, 2.24) is 4.90 Å². The van der Waals surface area contributed by atoms with Gasteiger partial charge in [0.05, 0.1) is 13.0 Å². The molecule has 5 nitrogen and oxygen atoms in total. The largest absolute Gasteiger partial charge is 0.396 e. The van der Waals surface area contributed by atoms with Gasteiger partial charge in [0.25, 0.3) is 0 Å². The van der Waals surface area contributed by atoms with Crippen molar-refractivity contribution >= 4 is 17.5 Å². The Bertz CT molecular complexity index is 896. The number of carbonyl (C=O) groups is 2. The first kappa shape index (κ1) is 19.6. The highest BCUT2D eigenvalue weighted by Gasteiger charge is 2.39. The van der Waals surface area contributed by atoms with E-state index in [1.165, 1.54) is 11.1 Å². The van der Waals surface area contributed by atoms with Gasteiger partial charge in [-0.3, -0.25) is 9.59 Å². The molecule has 1 fully saturated rings. The maximum absolute atomic E-state index is 12.7. The average molecular weight is 392 g/mol. The van der Waals surface area contributed by atoms with Gasteiger partial charge in [-0.1, -0.05) is 42.5 Å². The maximum Gasteiger partial charge on any atom is 0.228 e. The second-order valence-electron chi connectivity index (χ2n) is 8.46. The molecule has 1 unspecified atom stereocenters. The summed E-state index contributed by atoms with van der Waals surface area (Å²) in [4.78, 5) is 26.1. The molecule has 29 heavy (non-hydrogen) atoms. The number of aryl methyl sites for hydroxylation is 1. The third kappa shape index (κ3) is 4.51. The molecule has 2 heterocycles. The van der Waals surface area contributed by atoms with Crippen LogP contribution < -0.4 is 5.32 Å². The van der Waals surface area contributed by atoms with Gasteiger partial charge in [-0.05, 0) is 48.4 Å². The van der Waals surface area contributed by atoms with Crippen molar-refractivity contribution in [1.29, 1.82) is 0 Å². The Morgan fingerprint density at radius 2 is 1.97 bits per heavy atom. The molecular formula is C24H28N2O3. The fourth-order valence-electron chi connectivity index (χ4n) is 4.55. The molecule has 0 bridgehead atoms. The van der Waals surface area contributed by atoms with Gasteiger partial charge in [-0.15, -0.1) is 0 Å². The number of amides is 2. The second kappa shape index (κ2) is 8.37. The van der Waals surface area contributed by atoms with Crippen LogP contribution in [-0.2, 0) is 28.9 Å². The average Bonchev–Trinajstić information content (AvgIpc) is 3.31. The zero-order chi connectivity index (χ0) is 20.3. The number of fused-ring (bicyclic) bond motifs is 1. The summed E-state index contributed by atoms with van der Waals surface area (Å²) >= 11 is 0. The minimum atomic E-state index is -0.226. The summed E-state index contributed by atoms with van der Waals surface area (Å²) in [5.41, 5.74) is 4.11. The number of rotatable bonds is 7. The molecule has 0 aromatic heterocycles. The minimum Gasteiger partial charge on any atom is -0.396 e. The van der Waals surface area contributed by atoms with Crippen LogP contribution in [0.2, 0.25) is 0 Å². The lowest BCUT2D eigenvalue weighted by Gasteiger charge is -2.27. The molecule has 2 aromatic rings. The van der Waals surface area contributed by atoms with E-state index in [2.05, 4.69) is 23.5 Å². The molecule has 2 amide bonds. The summed E-state index contributed by atoms with van der Waals surface area (Å²) in [6.45, 7) is 1.45. The molecule has 2 N–H and O–H groups in total. The molecular weight excluding hydrogens is 364 g/mol. The Morgan fingerprint density at radius 1 is 1.14 bits per heavy atom. The molecule has 1 atom stereocenters. The number of benzene rings is 2. The monoisotopic (exact) mass is 392 g/mol. The van der Waals surface area contributed by atoms with E-state index < -0.39 is 0 Å². The highest BCUT2D eigenvalue weighted by molar-refractivity contribution is 5.99. The van der Waals surface area contributed by atoms with Gasteiger partial charge in [-0.2, -0.15) is 0 Å². The Labute approximate surface area is 171 Å². The van der Waals surface area contributed by atoms with Crippen molar-refractivity contribution in [2.75, 3.05) is 25.0 Å². The van der Waals surface area contributed by atoms with E-state index in [1.54, 1.807) is 0 Å². The number of aliphatic hydroxyl groups excluding tert-OH is 1. The van der Waals surface area contributed by atoms with Crippen LogP contribution in [0.1, 0.15) is 36.0 Å². The van der Waals surface area contributed by atoms with Gasteiger partial charge in [0.1, 0.15) is 0 Å². The summed E-state index contributed by atoms with van der Waals surface area (Å²) < 4.78 is 0.